The second kappa shape index (κ2) is 4.74. The molecule has 0 spiro atoms. The monoisotopic (exact) mass is 240 g/mol. The van der Waals surface area contributed by atoms with Crippen LogP contribution >= 0.6 is 11.8 Å². The van der Waals surface area contributed by atoms with Crippen LogP contribution in [0.1, 0.15) is 6.92 Å². The first-order chi connectivity index (χ1) is 7.69. The molecule has 1 aromatic rings. The number of halogens is 1. The smallest absolute Gasteiger partial charge is 0.161 e. The van der Waals surface area contributed by atoms with Gasteiger partial charge in [0.15, 0.2) is 5.17 Å². The van der Waals surface area contributed by atoms with Crippen molar-refractivity contribution in [2.75, 3.05) is 19.0 Å². The van der Waals surface area contributed by atoms with Crippen LogP contribution in [-0.2, 0) is 0 Å². The molecule has 2 rings (SSSR count). The van der Waals surface area contributed by atoms with Gasteiger partial charge in [-0.1, -0.05) is 18.7 Å². The Morgan fingerprint density at radius 2 is 2.38 bits per heavy atom. The Morgan fingerprint density at radius 3 is 3.00 bits per heavy atom. The van der Waals surface area contributed by atoms with Crippen molar-refractivity contribution in [1.29, 1.82) is 0 Å². The molecule has 0 radical (unpaired) electrons. The zero-order chi connectivity index (χ0) is 11.5. The van der Waals surface area contributed by atoms with Crippen molar-refractivity contribution in [3.8, 4) is 5.75 Å². The molecule has 5 heteroatoms. The molecule has 0 fully saturated rings. The maximum absolute atomic E-state index is 13.0. The van der Waals surface area contributed by atoms with Crippen LogP contribution in [0.4, 0.5) is 10.1 Å². The minimum atomic E-state index is -0.309. The average molecular weight is 240 g/mol. The molecular weight excluding hydrogens is 227 g/mol. The zero-order valence-corrected chi connectivity index (χ0v) is 9.97. The molecule has 1 N–H and O–H groups in total. The van der Waals surface area contributed by atoms with Crippen molar-refractivity contribution >= 4 is 22.6 Å². The summed E-state index contributed by atoms with van der Waals surface area (Å²) in [6, 6.07) is 4.40. The lowest BCUT2D eigenvalue weighted by Gasteiger charge is -2.10. The van der Waals surface area contributed by atoms with Crippen LogP contribution in [0.25, 0.3) is 0 Å². The molecule has 3 nitrogen and oxygen atoms in total. The largest absolute Gasteiger partial charge is 0.494 e. The number of rotatable bonds is 2. The van der Waals surface area contributed by atoms with Crippen molar-refractivity contribution in [3.05, 3.63) is 24.0 Å². The lowest BCUT2D eigenvalue weighted by molar-refractivity contribution is 0.413. The number of hydrogen-bond acceptors (Lipinski definition) is 4. The molecule has 0 amide bonds. The van der Waals surface area contributed by atoms with Crippen molar-refractivity contribution in [2.24, 2.45) is 4.99 Å². The van der Waals surface area contributed by atoms with Gasteiger partial charge in [-0.15, -0.1) is 0 Å². The summed E-state index contributed by atoms with van der Waals surface area (Å²) in [7, 11) is 1.52. The zero-order valence-electron chi connectivity index (χ0n) is 9.16. The first-order valence-corrected chi connectivity index (χ1v) is 5.88. The molecule has 86 valence electrons. The fraction of sp³-hybridized carbons (Fsp3) is 0.364. The standard InChI is InChI=1S/C11H13FN2OS/c1-7-6-13-11(16-7)14-9-4-3-8(12)5-10(9)15-2/h3-5,7H,6H2,1-2H3,(H,13,14). The molecule has 1 atom stereocenters. The number of nitrogens with one attached hydrogen (secondary N) is 1. The summed E-state index contributed by atoms with van der Waals surface area (Å²) in [5.74, 6) is 0.180. The van der Waals surface area contributed by atoms with E-state index in [2.05, 4.69) is 17.2 Å². The number of ether oxygens (including phenoxy) is 1. The highest BCUT2D eigenvalue weighted by Gasteiger charge is 2.16. The highest BCUT2D eigenvalue weighted by molar-refractivity contribution is 8.15. The summed E-state index contributed by atoms with van der Waals surface area (Å²) in [5.41, 5.74) is 0.740. The van der Waals surface area contributed by atoms with Crippen molar-refractivity contribution in [3.63, 3.8) is 0 Å². The summed E-state index contributed by atoms with van der Waals surface area (Å²) in [6.07, 6.45) is 0. The number of anilines is 1. The molecule has 16 heavy (non-hydrogen) atoms. The van der Waals surface area contributed by atoms with E-state index in [0.29, 0.717) is 11.0 Å². The van der Waals surface area contributed by atoms with Gasteiger partial charge in [0.1, 0.15) is 11.6 Å². The lowest BCUT2D eigenvalue weighted by Crippen LogP contribution is -2.07. The maximum Gasteiger partial charge on any atom is 0.161 e. The molecule has 0 bridgehead atoms. The van der Waals surface area contributed by atoms with Crippen LogP contribution in [-0.4, -0.2) is 24.1 Å². The molecule has 1 heterocycles. The van der Waals surface area contributed by atoms with E-state index in [1.807, 2.05) is 0 Å². The van der Waals surface area contributed by atoms with Gasteiger partial charge in [0, 0.05) is 11.3 Å². The van der Waals surface area contributed by atoms with Gasteiger partial charge in [-0.05, 0) is 12.1 Å². The van der Waals surface area contributed by atoms with Gasteiger partial charge in [0.2, 0.25) is 0 Å². The van der Waals surface area contributed by atoms with Crippen molar-refractivity contribution < 1.29 is 9.13 Å². The number of hydrogen-bond donors (Lipinski definition) is 1. The molecule has 0 saturated heterocycles. The number of amidine groups is 1. The summed E-state index contributed by atoms with van der Waals surface area (Å²) < 4.78 is 18.1. The quantitative estimate of drug-likeness (QED) is 0.863. The molecular formula is C11H13FN2OS. The fourth-order valence-electron chi connectivity index (χ4n) is 1.43. The molecule has 1 aliphatic heterocycles. The molecule has 0 aliphatic carbocycles. The van der Waals surface area contributed by atoms with Crippen molar-refractivity contribution in [2.45, 2.75) is 12.2 Å². The van der Waals surface area contributed by atoms with Gasteiger partial charge in [0.05, 0.1) is 19.3 Å². The van der Waals surface area contributed by atoms with Gasteiger partial charge in [-0.3, -0.25) is 4.99 Å². The molecule has 1 unspecified atom stereocenters. The summed E-state index contributed by atoms with van der Waals surface area (Å²) in [4.78, 5) is 4.33. The van der Waals surface area contributed by atoms with Gasteiger partial charge < -0.3 is 10.1 Å². The predicted molar refractivity (Wildman–Crippen MR) is 65.9 cm³/mol. The normalized spacial score (nSPS) is 19.4. The van der Waals surface area contributed by atoms with E-state index in [1.165, 1.54) is 19.2 Å². The van der Waals surface area contributed by atoms with E-state index in [1.54, 1.807) is 17.8 Å². The van der Waals surface area contributed by atoms with Gasteiger partial charge in [-0.25, -0.2) is 4.39 Å². The maximum atomic E-state index is 13.0. The Labute approximate surface area is 98.1 Å². The topological polar surface area (TPSA) is 33.6 Å². The predicted octanol–water partition coefficient (Wildman–Crippen LogP) is 2.74. The second-order valence-corrected chi connectivity index (χ2v) is 4.97. The SMILES string of the molecule is COc1cc(F)ccc1NC1=NCC(C)S1. The Kier molecular flexibility index (Phi) is 3.33. The van der Waals surface area contributed by atoms with E-state index >= 15 is 0 Å². The highest BCUT2D eigenvalue weighted by atomic mass is 32.2. The number of nitrogens with zero attached hydrogens (tertiary/aromatic N) is 1. The van der Waals surface area contributed by atoms with Crippen LogP contribution in [0.5, 0.6) is 5.75 Å². The van der Waals surface area contributed by atoms with Crippen LogP contribution in [0.3, 0.4) is 0 Å². The van der Waals surface area contributed by atoms with E-state index in [0.717, 1.165) is 17.4 Å². The summed E-state index contributed by atoms with van der Waals surface area (Å²) >= 11 is 1.67. The van der Waals surface area contributed by atoms with Crippen LogP contribution in [0.15, 0.2) is 23.2 Å². The van der Waals surface area contributed by atoms with Gasteiger partial charge in [0.25, 0.3) is 0 Å². The Balaban J connectivity index is 2.15. The van der Waals surface area contributed by atoms with Crippen molar-refractivity contribution in [1.82, 2.24) is 0 Å². The number of aliphatic imine (C=N–C) groups is 1. The van der Waals surface area contributed by atoms with Gasteiger partial charge in [-0.2, -0.15) is 0 Å². The number of thioether (sulfide) groups is 1. The first-order valence-electron chi connectivity index (χ1n) is 5.00. The molecule has 1 aromatic carbocycles. The molecule has 1 aliphatic rings. The Hall–Kier alpha value is -1.23. The molecule has 0 saturated carbocycles. The van der Waals surface area contributed by atoms with Gasteiger partial charge >= 0.3 is 0 Å². The highest BCUT2D eigenvalue weighted by Crippen LogP contribution is 2.28. The first kappa shape index (κ1) is 11.3. The number of methoxy groups -OCH3 is 1. The molecule has 0 aromatic heterocycles. The Bertz CT molecular complexity index is 422. The lowest BCUT2D eigenvalue weighted by atomic mass is 10.3. The summed E-state index contributed by atoms with van der Waals surface area (Å²) in [5, 5.41) is 4.49. The summed E-state index contributed by atoms with van der Waals surface area (Å²) in [6.45, 7) is 2.93. The van der Waals surface area contributed by atoms with Crippen LogP contribution in [0.2, 0.25) is 0 Å². The van der Waals surface area contributed by atoms with Crippen LogP contribution in [0, 0.1) is 5.82 Å². The fourth-order valence-corrected chi connectivity index (χ4v) is 2.28. The van der Waals surface area contributed by atoms with Crippen LogP contribution < -0.4 is 10.1 Å². The minimum absolute atomic E-state index is 0.309. The number of benzene rings is 1. The van der Waals surface area contributed by atoms with E-state index < -0.39 is 0 Å². The second-order valence-electron chi connectivity index (χ2n) is 3.54. The minimum Gasteiger partial charge on any atom is -0.494 e. The third-order valence-corrected chi connectivity index (χ3v) is 3.22. The van der Waals surface area contributed by atoms with E-state index in [9.17, 15) is 4.39 Å². The Morgan fingerprint density at radius 1 is 1.56 bits per heavy atom. The van der Waals surface area contributed by atoms with E-state index in [-0.39, 0.29) is 5.82 Å². The average Bonchev–Trinajstić information content (AvgIpc) is 2.67. The van der Waals surface area contributed by atoms with E-state index in [4.69, 9.17) is 4.74 Å². The third-order valence-electron chi connectivity index (χ3n) is 2.21. The third kappa shape index (κ3) is 2.47.